The molecule has 0 aliphatic heterocycles. The van der Waals surface area contributed by atoms with Gasteiger partial charge in [-0.3, -0.25) is 14.2 Å². The molecule has 0 spiro atoms. The number of nitrogens with zero attached hydrogens (tertiary/aromatic N) is 10. The van der Waals surface area contributed by atoms with E-state index in [0.717, 1.165) is 133 Å². The van der Waals surface area contributed by atoms with Crippen molar-refractivity contribution in [3.8, 4) is 29.0 Å². The average Bonchev–Trinajstić information content (AvgIpc) is 1.85. The van der Waals surface area contributed by atoms with Gasteiger partial charge >= 0.3 is 5.95 Å². The van der Waals surface area contributed by atoms with Gasteiger partial charge in [-0.2, -0.15) is 4.57 Å². The van der Waals surface area contributed by atoms with Crippen LogP contribution in [0.2, 0.25) is 0 Å². The number of benzene rings is 10. The summed E-state index contributed by atoms with van der Waals surface area (Å²) >= 11 is 0. The van der Waals surface area contributed by atoms with Crippen LogP contribution in [0.5, 0.6) is 0 Å². The van der Waals surface area contributed by atoms with E-state index in [-0.39, 0.29) is 0 Å². The van der Waals surface area contributed by atoms with E-state index in [1.807, 2.05) is 61.6 Å². The van der Waals surface area contributed by atoms with Gasteiger partial charge in [0.15, 0.2) is 11.7 Å². The Kier molecular flexibility index (Phi) is 11.3. The Morgan fingerprint density at radius 1 is 0.434 bits per heavy atom. The lowest BCUT2D eigenvalue weighted by molar-refractivity contribution is -0.741. The molecule has 0 fully saturated rings. The van der Waals surface area contributed by atoms with Crippen molar-refractivity contribution >= 4 is 98.9 Å². The van der Waals surface area contributed by atoms with Crippen molar-refractivity contribution in [3.05, 3.63) is 278 Å². The molecular weight excluding hydrogens is 1020 g/mol. The molecule has 83 heavy (non-hydrogen) atoms. The molecule has 0 saturated heterocycles. The highest BCUT2D eigenvalue weighted by Crippen LogP contribution is 2.44. The highest BCUT2D eigenvalue weighted by Gasteiger charge is 2.29. The first-order valence-corrected chi connectivity index (χ1v) is 28.0. The summed E-state index contributed by atoms with van der Waals surface area (Å²) in [6, 6.07) is 91.4. The third kappa shape index (κ3) is 7.77. The van der Waals surface area contributed by atoms with Gasteiger partial charge in [-0.25, -0.2) is 19.7 Å². The number of rotatable bonds is 10. The average molecular weight is 1070 g/mol. The van der Waals surface area contributed by atoms with E-state index in [4.69, 9.17) is 25.1 Å². The van der Waals surface area contributed by atoms with E-state index in [1.165, 1.54) is 0 Å². The minimum atomic E-state index is 0.336. The van der Waals surface area contributed by atoms with Crippen LogP contribution in [0.4, 0.5) is 0 Å². The zero-order valence-electron chi connectivity index (χ0n) is 45.2. The van der Waals surface area contributed by atoms with Crippen molar-refractivity contribution in [3.63, 3.8) is 0 Å². The predicted molar refractivity (Wildman–Crippen MR) is 338 cm³/mol. The molecule has 0 unspecified atom stereocenters. The summed E-state index contributed by atoms with van der Waals surface area (Å²) in [4.78, 5) is 21.7. The van der Waals surface area contributed by atoms with Crippen LogP contribution >= 0.6 is 0 Å². The van der Waals surface area contributed by atoms with E-state index in [1.54, 1.807) is 0 Å². The zero-order valence-corrected chi connectivity index (χ0v) is 45.2. The van der Waals surface area contributed by atoms with E-state index in [2.05, 4.69) is 235 Å². The highest BCUT2D eigenvalue weighted by molar-refractivity contribution is 6.27. The Morgan fingerprint density at radius 2 is 0.940 bits per heavy atom. The van der Waals surface area contributed by atoms with Crippen LogP contribution in [0.3, 0.4) is 0 Å². The van der Waals surface area contributed by atoms with Crippen LogP contribution in [0.1, 0.15) is 16.7 Å². The van der Waals surface area contributed by atoms with Crippen LogP contribution in [-0.4, -0.2) is 47.0 Å². The summed E-state index contributed by atoms with van der Waals surface area (Å²) in [5.41, 5.74) is 12.5. The van der Waals surface area contributed by atoms with Gasteiger partial charge < -0.3 is 9.88 Å². The smallest absolute Gasteiger partial charge is 0.373 e. The highest BCUT2D eigenvalue weighted by atomic mass is 15.4. The van der Waals surface area contributed by atoms with E-state index < -0.39 is 0 Å². The first-order chi connectivity index (χ1) is 41.2. The quantitative estimate of drug-likeness (QED) is 0.0837. The molecule has 1 N–H and O–H groups in total. The largest absolute Gasteiger partial charge is 0.406 e. The van der Waals surface area contributed by atoms with Crippen molar-refractivity contribution in [2.45, 2.75) is 13.2 Å². The molecule has 0 aliphatic carbocycles. The summed E-state index contributed by atoms with van der Waals surface area (Å²) < 4.78 is 11.4. The third-order valence-electron chi connectivity index (χ3n) is 16.2. The van der Waals surface area contributed by atoms with Crippen LogP contribution in [0, 0.1) is 0 Å². The Hall–Kier alpha value is -11.2. The van der Waals surface area contributed by atoms with Crippen molar-refractivity contribution in [1.29, 1.82) is 0 Å². The maximum atomic E-state index is 5.75. The fourth-order valence-electron chi connectivity index (χ4n) is 12.6. The third-order valence-corrected chi connectivity index (χ3v) is 16.2. The predicted octanol–water partition coefficient (Wildman–Crippen LogP) is 14.9. The lowest BCUT2D eigenvalue weighted by Gasteiger charge is -2.12. The fourth-order valence-corrected chi connectivity index (χ4v) is 12.6. The number of pyridine rings is 1. The molecule has 6 aromatic heterocycles. The molecule has 10 aromatic carbocycles. The van der Waals surface area contributed by atoms with E-state index in [0.29, 0.717) is 24.9 Å². The second-order valence-corrected chi connectivity index (χ2v) is 20.9. The molecule has 0 radical (unpaired) electrons. The Bertz CT molecular complexity index is 5240. The first-order valence-electron chi connectivity index (χ1n) is 28.0. The molecule has 0 bridgehead atoms. The van der Waals surface area contributed by atoms with Crippen molar-refractivity contribution in [2.75, 3.05) is 7.05 Å². The molecule has 394 valence electrons. The molecule has 16 aromatic rings. The number of hydrogen-bond acceptors (Lipinski definition) is 3. The Morgan fingerprint density at radius 3 is 1.60 bits per heavy atom. The zero-order chi connectivity index (χ0) is 55.0. The van der Waals surface area contributed by atoms with Gasteiger partial charge in [0, 0.05) is 66.8 Å². The molecule has 11 heteroatoms. The monoisotopic (exact) mass is 1070 g/mol. The molecular formula is C72H51N11. The Balaban J connectivity index is 0.905. The summed E-state index contributed by atoms with van der Waals surface area (Å²) in [7, 11) is 1.90. The number of aromatic nitrogens is 8. The minimum absolute atomic E-state index is 0.336. The lowest BCUT2D eigenvalue weighted by atomic mass is 10.1. The van der Waals surface area contributed by atoms with Gasteiger partial charge in [0.25, 0.3) is 0 Å². The first kappa shape index (κ1) is 47.8. The van der Waals surface area contributed by atoms with Crippen LogP contribution in [-0.2, 0) is 13.2 Å². The standard InChI is InChI=1S/C72H51N11/c1-73-69(48-25-8-3-9-26-48)76-70(49-27-10-4-11-28-49)74-46-79-57-35-18-16-33-55(57)65-61(79)43-41-53-51-31-14-19-36-58(51)82(67(53)65)64-40-22-39-63(75-64)81-60-38-21-17-34-56(60)66-62(81)44-42-54-52-32-15-20-37-59(52)83(68(54)66)72-77-71(50-29-12-5-13-30-50)78-80(72)45-47-23-6-2-7-24-47/h2-44H,45-46H2,1H3,(H,73,74,76). The molecule has 0 saturated carbocycles. The summed E-state index contributed by atoms with van der Waals surface area (Å²) in [6.07, 6.45) is 0. The summed E-state index contributed by atoms with van der Waals surface area (Å²) in [5.74, 6) is 4.40. The van der Waals surface area contributed by atoms with Gasteiger partial charge in [-0.15, -0.1) is 0 Å². The van der Waals surface area contributed by atoms with Crippen LogP contribution in [0.15, 0.2) is 271 Å². The van der Waals surface area contributed by atoms with Crippen LogP contribution < -0.4 is 15.1 Å². The van der Waals surface area contributed by atoms with Gasteiger partial charge in [0.2, 0.25) is 0 Å². The SMILES string of the molecule is CNC(=NC(=NCn1c2ccccc2c2c1ccc1c3ccccc3n(-c3cccc(-n4c5ccccc5c5c4ccc4c6ccccc6n(-c6nc(-c7ccccc7)[n-][n+]6Cc6ccccc6)c45)n3)c12)c1ccccc1)c1ccccc1. The van der Waals surface area contributed by atoms with E-state index in [9.17, 15) is 0 Å². The second-order valence-electron chi connectivity index (χ2n) is 20.9. The Labute approximate surface area is 476 Å². The molecule has 0 aliphatic rings. The van der Waals surface area contributed by atoms with Gasteiger partial charge in [0.1, 0.15) is 35.2 Å². The lowest BCUT2D eigenvalue weighted by Crippen LogP contribution is -2.42. The molecule has 11 nitrogen and oxygen atoms in total. The molecule has 0 atom stereocenters. The summed E-state index contributed by atoms with van der Waals surface area (Å²) in [5, 5.41) is 17.6. The number of fused-ring (bicyclic) bond motifs is 14. The van der Waals surface area contributed by atoms with E-state index >= 15 is 0 Å². The number of hydrogen-bond donors (Lipinski definition) is 1. The van der Waals surface area contributed by atoms with Crippen molar-refractivity contribution < 1.29 is 4.68 Å². The molecule has 0 amide bonds. The topological polar surface area (TPSA) is 100 Å². The second kappa shape index (κ2) is 19.6. The maximum absolute atomic E-state index is 5.75. The minimum Gasteiger partial charge on any atom is -0.373 e. The number of nitrogens with one attached hydrogen (secondary N) is 1. The number of para-hydroxylation sites is 4. The van der Waals surface area contributed by atoms with Crippen molar-refractivity contribution in [1.82, 2.24) is 38.7 Å². The van der Waals surface area contributed by atoms with Crippen molar-refractivity contribution in [2.24, 2.45) is 9.98 Å². The van der Waals surface area contributed by atoms with Gasteiger partial charge in [-0.1, -0.05) is 211 Å². The maximum Gasteiger partial charge on any atom is 0.406 e. The fraction of sp³-hybridized carbons (Fsp3) is 0.0417. The van der Waals surface area contributed by atoms with Gasteiger partial charge in [0.05, 0.1) is 39.6 Å². The van der Waals surface area contributed by atoms with Gasteiger partial charge in [-0.05, 0) is 60.2 Å². The van der Waals surface area contributed by atoms with Crippen LogP contribution in [0.25, 0.3) is 116 Å². The number of amidine groups is 2. The number of aliphatic imine (C=N–C) groups is 2. The molecule has 6 heterocycles. The normalized spacial score (nSPS) is 12.4. The summed E-state index contributed by atoms with van der Waals surface area (Å²) in [6.45, 7) is 0.877. The molecule has 16 rings (SSSR count).